The zero-order valence-corrected chi connectivity index (χ0v) is 17.7. The van der Waals surface area contributed by atoms with Crippen molar-refractivity contribution >= 4 is 29.2 Å². The van der Waals surface area contributed by atoms with Gasteiger partial charge in [-0.1, -0.05) is 17.7 Å². The molecule has 164 valence electrons. The van der Waals surface area contributed by atoms with Crippen LogP contribution < -0.4 is 21.3 Å². The highest BCUT2D eigenvalue weighted by molar-refractivity contribution is 6.01. The van der Waals surface area contributed by atoms with Gasteiger partial charge in [0.25, 0.3) is 5.91 Å². The van der Waals surface area contributed by atoms with E-state index >= 15 is 0 Å². The minimum absolute atomic E-state index is 0.0803. The maximum Gasteiger partial charge on any atom is 0.319 e. The third-order valence-corrected chi connectivity index (χ3v) is 4.95. The molecule has 0 aliphatic carbocycles. The number of urea groups is 1. The Kier molecular flexibility index (Phi) is 7.61. The highest BCUT2D eigenvalue weighted by atomic mass is 16.5. The van der Waals surface area contributed by atoms with E-state index in [1.54, 1.807) is 49.4 Å². The molecule has 4 N–H and O–H groups in total. The number of anilines is 2. The number of ether oxygens (including phenoxy) is 1. The van der Waals surface area contributed by atoms with Crippen LogP contribution in [-0.4, -0.2) is 43.1 Å². The second-order valence-corrected chi connectivity index (χ2v) is 7.60. The van der Waals surface area contributed by atoms with E-state index < -0.39 is 6.04 Å². The quantitative estimate of drug-likeness (QED) is 0.548. The van der Waals surface area contributed by atoms with E-state index in [0.29, 0.717) is 23.5 Å². The van der Waals surface area contributed by atoms with Crippen LogP contribution in [0.4, 0.5) is 16.2 Å². The van der Waals surface area contributed by atoms with E-state index in [9.17, 15) is 14.4 Å². The molecule has 31 heavy (non-hydrogen) atoms. The first-order valence-corrected chi connectivity index (χ1v) is 10.4. The van der Waals surface area contributed by atoms with Gasteiger partial charge >= 0.3 is 6.03 Å². The minimum Gasteiger partial charge on any atom is -0.376 e. The van der Waals surface area contributed by atoms with E-state index in [2.05, 4.69) is 21.3 Å². The van der Waals surface area contributed by atoms with Crippen LogP contribution in [-0.2, 0) is 9.53 Å². The van der Waals surface area contributed by atoms with Crippen molar-refractivity contribution in [3.8, 4) is 0 Å². The van der Waals surface area contributed by atoms with Crippen molar-refractivity contribution < 1.29 is 19.1 Å². The lowest BCUT2D eigenvalue weighted by molar-refractivity contribution is -0.117. The predicted octanol–water partition coefficient (Wildman–Crippen LogP) is 3.05. The zero-order chi connectivity index (χ0) is 22.2. The summed E-state index contributed by atoms with van der Waals surface area (Å²) in [4.78, 5) is 36.7. The molecule has 1 aliphatic rings. The summed E-state index contributed by atoms with van der Waals surface area (Å²) >= 11 is 0. The summed E-state index contributed by atoms with van der Waals surface area (Å²) in [5.41, 5.74) is 2.64. The molecule has 8 nitrogen and oxygen atoms in total. The lowest BCUT2D eigenvalue weighted by Crippen LogP contribution is -2.41. The molecule has 0 radical (unpaired) electrons. The number of benzene rings is 2. The van der Waals surface area contributed by atoms with Crippen LogP contribution in [0, 0.1) is 6.92 Å². The maximum absolute atomic E-state index is 12.4. The van der Waals surface area contributed by atoms with Crippen molar-refractivity contribution in [1.29, 1.82) is 0 Å². The molecule has 0 spiro atoms. The van der Waals surface area contributed by atoms with Crippen molar-refractivity contribution in [2.24, 2.45) is 0 Å². The van der Waals surface area contributed by atoms with E-state index in [-0.39, 0.29) is 23.9 Å². The largest absolute Gasteiger partial charge is 0.376 e. The highest BCUT2D eigenvalue weighted by Crippen LogP contribution is 2.14. The van der Waals surface area contributed by atoms with Crippen LogP contribution in [0.5, 0.6) is 0 Å². The summed E-state index contributed by atoms with van der Waals surface area (Å²) in [6, 6.07) is 12.9. The number of rotatable bonds is 7. The molecule has 2 aromatic carbocycles. The van der Waals surface area contributed by atoms with Crippen LogP contribution in [0.25, 0.3) is 0 Å². The summed E-state index contributed by atoms with van der Waals surface area (Å²) < 4.78 is 5.47. The zero-order valence-electron chi connectivity index (χ0n) is 17.7. The number of hydrogen-bond donors (Lipinski definition) is 4. The van der Waals surface area contributed by atoms with Crippen molar-refractivity contribution in [3.05, 3.63) is 59.7 Å². The summed E-state index contributed by atoms with van der Waals surface area (Å²) in [6.45, 7) is 4.75. The summed E-state index contributed by atoms with van der Waals surface area (Å²) in [5, 5.41) is 11.0. The van der Waals surface area contributed by atoms with Crippen molar-refractivity contribution in [2.45, 2.75) is 38.8 Å². The summed E-state index contributed by atoms with van der Waals surface area (Å²) in [6.07, 6.45) is 2.06. The van der Waals surface area contributed by atoms with E-state index in [4.69, 9.17) is 4.74 Å². The number of carbonyl (C=O) groups excluding carboxylic acids is 3. The Morgan fingerprint density at radius 2 is 1.77 bits per heavy atom. The molecule has 1 aliphatic heterocycles. The molecule has 1 fully saturated rings. The molecule has 1 heterocycles. The monoisotopic (exact) mass is 424 g/mol. The van der Waals surface area contributed by atoms with Crippen LogP contribution in [0.3, 0.4) is 0 Å². The molecule has 8 heteroatoms. The molecule has 3 rings (SSSR count). The first-order valence-electron chi connectivity index (χ1n) is 10.4. The van der Waals surface area contributed by atoms with Gasteiger partial charge in [-0.3, -0.25) is 9.59 Å². The Hall–Kier alpha value is -3.39. The summed E-state index contributed by atoms with van der Waals surface area (Å²) in [7, 11) is 0. The average Bonchev–Trinajstić information content (AvgIpc) is 3.27. The van der Waals surface area contributed by atoms with Gasteiger partial charge in [-0.25, -0.2) is 4.79 Å². The van der Waals surface area contributed by atoms with Gasteiger partial charge in [-0.15, -0.1) is 0 Å². The lowest BCUT2D eigenvalue weighted by atomic mass is 10.1. The number of aryl methyl sites for hydroxylation is 1. The van der Waals surface area contributed by atoms with Gasteiger partial charge in [0.05, 0.1) is 6.10 Å². The molecule has 0 aromatic heterocycles. The van der Waals surface area contributed by atoms with Gasteiger partial charge < -0.3 is 26.0 Å². The van der Waals surface area contributed by atoms with Crippen LogP contribution in [0.2, 0.25) is 0 Å². The van der Waals surface area contributed by atoms with Crippen molar-refractivity contribution in [1.82, 2.24) is 10.6 Å². The van der Waals surface area contributed by atoms with Gasteiger partial charge in [0.1, 0.15) is 6.04 Å². The van der Waals surface area contributed by atoms with E-state index in [1.807, 2.05) is 13.0 Å². The third-order valence-electron chi connectivity index (χ3n) is 4.95. The maximum atomic E-state index is 12.4. The Morgan fingerprint density at radius 3 is 2.42 bits per heavy atom. The molecule has 2 atom stereocenters. The molecule has 0 bridgehead atoms. The van der Waals surface area contributed by atoms with Gasteiger partial charge in [0.15, 0.2) is 0 Å². The van der Waals surface area contributed by atoms with Crippen LogP contribution in [0.1, 0.15) is 35.7 Å². The molecule has 4 amide bonds. The minimum atomic E-state index is -0.714. The van der Waals surface area contributed by atoms with Crippen molar-refractivity contribution in [3.63, 3.8) is 0 Å². The second-order valence-electron chi connectivity index (χ2n) is 7.60. The topological polar surface area (TPSA) is 109 Å². The fourth-order valence-corrected chi connectivity index (χ4v) is 3.21. The first-order chi connectivity index (χ1) is 14.9. The average molecular weight is 425 g/mol. The second kappa shape index (κ2) is 10.6. The molecular formula is C23H28N4O4. The van der Waals surface area contributed by atoms with E-state index in [0.717, 1.165) is 25.0 Å². The SMILES string of the molecule is Cc1cccc(C(=O)NC(C)C(=O)Nc2ccc(NC(=O)NCC3CCCO3)cc2)c1. The standard InChI is InChI=1S/C23H28N4O4/c1-15-5-3-6-17(13-15)22(29)25-16(2)21(28)26-18-8-10-19(11-9-18)27-23(30)24-14-20-7-4-12-31-20/h3,5-6,8-11,13,16,20H,4,7,12,14H2,1-2H3,(H,25,29)(H,26,28)(H2,24,27,30). The third kappa shape index (κ3) is 6.82. The van der Waals surface area contributed by atoms with E-state index in [1.165, 1.54) is 0 Å². The first kappa shape index (κ1) is 22.3. The number of amides is 4. The predicted molar refractivity (Wildman–Crippen MR) is 119 cm³/mol. The van der Waals surface area contributed by atoms with Gasteiger partial charge in [-0.05, 0) is 63.1 Å². The number of hydrogen-bond acceptors (Lipinski definition) is 4. The van der Waals surface area contributed by atoms with Gasteiger partial charge in [-0.2, -0.15) is 0 Å². The van der Waals surface area contributed by atoms with Gasteiger partial charge in [0.2, 0.25) is 5.91 Å². The molecule has 2 aromatic rings. The molecule has 1 saturated heterocycles. The molecular weight excluding hydrogens is 396 g/mol. The highest BCUT2D eigenvalue weighted by Gasteiger charge is 2.18. The molecule has 0 saturated carbocycles. The van der Waals surface area contributed by atoms with Crippen LogP contribution in [0.15, 0.2) is 48.5 Å². The normalized spacial score (nSPS) is 16.3. The summed E-state index contributed by atoms with van der Waals surface area (Å²) in [5.74, 6) is -0.643. The Bertz CT molecular complexity index is 923. The number of carbonyl (C=O) groups is 3. The fraction of sp³-hybridized carbons (Fsp3) is 0.348. The smallest absolute Gasteiger partial charge is 0.319 e. The lowest BCUT2D eigenvalue weighted by Gasteiger charge is -2.15. The van der Waals surface area contributed by atoms with Crippen LogP contribution >= 0.6 is 0 Å². The fourth-order valence-electron chi connectivity index (χ4n) is 3.21. The Balaban J connectivity index is 1.45. The Morgan fingerprint density at radius 1 is 1.06 bits per heavy atom. The van der Waals surface area contributed by atoms with Crippen molar-refractivity contribution in [2.75, 3.05) is 23.8 Å². The Labute approximate surface area is 181 Å². The van der Waals surface area contributed by atoms with Gasteiger partial charge in [0, 0.05) is 30.1 Å². The number of nitrogens with one attached hydrogen (secondary N) is 4. The molecule has 2 unspecified atom stereocenters.